The fraction of sp³-hybridized carbons (Fsp3) is 0.409. The molecule has 0 fully saturated rings. The van der Waals surface area contributed by atoms with E-state index in [1.165, 1.54) is 12.1 Å². The first-order valence-electron chi connectivity index (χ1n) is 9.33. The summed E-state index contributed by atoms with van der Waals surface area (Å²) in [6.45, 7) is 13.7. The van der Waals surface area contributed by atoms with Gasteiger partial charge in [0.05, 0.1) is 5.69 Å². The molecule has 0 aliphatic heterocycles. The van der Waals surface area contributed by atoms with Gasteiger partial charge in [-0.25, -0.2) is 4.79 Å². The maximum atomic E-state index is 13.1. The Morgan fingerprint density at radius 1 is 0.931 bits per heavy atom. The van der Waals surface area contributed by atoms with Crippen LogP contribution in [0.15, 0.2) is 42.5 Å². The molecular formula is C22H29NO5S. The molecule has 158 valence electrons. The molecule has 7 heteroatoms. The molecule has 0 aliphatic carbocycles. The van der Waals surface area contributed by atoms with E-state index in [1.807, 2.05) is 60.6 Å². The van der Waals surface area contributed by atoms with Gasteiger partial charge in [-0.2, -0.15) is 8.42 Å². The normalized spacial score (nSPS) is 12.5. The van der Waals surface area contributed by atoms with E-state index in [4.69, 9.17) is 4.18 Å². The molecule has 0 bridgehead atoms. The van der Waals surface area contributed by atoms with Crippen LogP contribution in [-0.4, -0.2) is 19.6 Å². The van der Waals surface area contributed by atoms with E-state index in [0.29, 0.717) is 11.1 Å². The summed E-state index contributed by atoms with van der Waals surface area (Å²) in [4.78, 5) is 11.8. The second-order valence-electron chi connectivity index (χ2n) is 9.11. The van der Waals surface area contributed by atoms with Crippen LogP contribution in [0.3, 0.4) is 0 Å². The van der Waals surface area contributed by atoms with Crippen LogP contribution in [0.5, 0.6) is 5.75 Å². The Balaban J connectivity index is 2.72. The zero-order valence-corrected chi connectivity index (χ0v) is 18.8. The van der Waals surface area contributed by atoms with E-state index in [1.54, 1.807) is 18.2 Å². The first kappa shape index (κ1) is 22.7. The van der Waals surface area contributed by atoms with Gasteiger partial charge in [0.15, 0.2) is 5.75 Å². The maximum Gasteiger partial charge on any atom is 0.428 e. The average molecular weight is 420 g/mol. The lowest BCUT2D eigenvalue weighted by Gasteiger charge is -2.30. The standard InChI is InChI=1S/C22H29NO5S/c1-15-13-17(21(2,3)4)19(18(14-15)22(5,6)7)28-29(26,27)23(20(24)25)16-11-9-8-10-12-16/h8-14H,1-7H3,(H,24,25). The van der Waals surface area contributed by atoms with Gasteiger partial charge in [0, 0.05) is 11.1 Å². The third kappa shape index (κ3) is 5.09. The van der Waals surface area contributed by atoms with Crippen molar-refractivity contribution in [1.29, 1.82) is 0 Å². The largest absolute Gasteiger partial charge is 0.464 e. The summed E-state index contributed by atoms with van der Waals surface area (Å²) in [5.41, 5.74) is 1.52. The number of carbonyl (C=O) groups is 1. The molecule has 2 aromatic carbocycles. The number of nitrogens with zero attached hydrogens (tertiary/aromatic N) is 1. The molecule has 0 saturated heterocycles. The topological polar surface area (TPSA) is 83.9 Å². The van der Waals surface area contributed by atoms with Gasteiger partial charge < -0.3 is 9.29 Å². The molecule has 6 nitrogen and oxygen atoms in total. The third-order valence-corrected chi connectivity index (χ3v) is 5.62. The van der Waals surface area contributed by atoms with E-state index < -0.39 is 27.2 Å². The van der Waals surface area contributed by atoms with Crippen LogP contribution in [0.4, 0.5) is 10.5 Å². The van der Waals surface area contributed by atoms with Gasteiger partial charge in [-0.3, -0.25) is 0 Å². The van der Waals surface area contributed by atoms with Crippen molar-refractivity contribution in [3.63, 3.8) is 0 Å². The number of amides is 1. The van der Waals surface area contributed by atoms with Crippen molar-refractivity contribution in [3.05, 3.63) is 59.2 Å². The predicted molar refractivity (Wildman–Crippen MR) is 115 cm³/mol. The van der Waals surface area contributed by atoms with Crippen molar-refractivity contribution in [2.75, 3.05) is 4.31 Å². The van der Waals surface area contributed by atoms with Gasteiger partial charge in [0.2, 0.25) is 0 Å². The average Bonchev–Trinajstić information content (AvgIpc) is 2.54. The fourth-order valence-electron chi connectivity index (χ4n) is 3.02. The lowest BCUT2D eigenvalue weighted by Crippen LogP contribution is -2.39. The van der Waals surface area contributed by atoms with E-state index in [0.717, 1.165) is 5.56 Å². The molecule has 29 heavy (non-hydrogen) atoms. The first-order chi connectivity index (χ1) is 13.1. The highest BCUT2D eigenvalue weighted by Crippen LogP contribution is 2.41. The monoisotopic (exact) mass is 419 g/mol. The number of aryl methyl sites for hydroxylation is 1. The van der Waals surface area contributed by atoms with E-state index in [2.05, 4.69) is 0 Å². The predicted octanol–water partition coefficient (Wildman–Crippen LogP) is 5.40. The maximum absolute atomic E-state index is 13.1. The number of hydrogen-bond donors (Lipinski definition) is 1. The number of anilines is 1. The van der Waals surface area contributed by atoms with Crippen molar-refractivity contribution < 1.29 is 22.5 Å². The van der Waals surface area contributed by atoms with Crippen LogP contribution in [-0.2, 0) is 21.1 Å². The molecule has 0 aromatic heterocycles. The summed E-state index contributed by atoms with van der Waals surface area (Å²) < 4.78 is 32.0. The summed E-state index contributed by atoms with van der Waals surface area (Å²) in [6.07, 6.45) is -1.64. The molecule has 0 unspecified atom stereocenters. The summed E-state index contributed by atoms with van der Waals surface area (Å²) >= 11 is 0. The molecule has 1 N–H and O–H groups in total. The van der Waals surface area contributed by atoms with Gasteiger partial charge in [0.25, 0.3) is 0 Å². The lowest BCUT2D eigenvalue weighted by molar-refractivity contribution is 0.205. The summed E-state index contributed by atoms with van der Waals surface area (Å²) in [5, 5.41) is 9.61. The van der Waals surface area contributed by atoms with Gasteiger partial charge >= 0.3 is 16.4 Å². The molecule has 0 radical (unpaired) electrons. The molecule has 0 spiro atoms. The quantitative estimate of drug-likeness (QED) is 0.717. The number of para-hydroxylation sites is 1. The van der Waals surface area contributed by atoms with Crippen LogP contribution in [0.2, 0.25) is 0 Å². The van der Waals surface area contributed by atoms with Crippen LogP contribution >= 0.6 is 0 Å². The molecule has 0 atom stereocenters. The second kappa shape index (κ2) is 7.71. The van der Waals surface area contributed by atoms with Crippen molar-refractivity contribution in [1.82, 2.24) is 0 Å². The zero-order chi connectivity index (χ0) is 22.2. The second-order valence-corrected chi connectivity index (χ2v) is 10.5. The minimum absolute atomic E-state index is 0.0123. The highest BCUT2D eigenvalue weighted by molar-refractivity contribution is 7.89. The summed E-state index contributed by atoms with van der Waals surface area (Å²) in [6, 6.07) is 11.4. The Morgan fingerprint density at radius 3 is 1.76 bits per heavy atom. The number of rotatable bonds is 4. The van der Waals surface area contributed by atoms with Gasteiger partial charge in [-0.05, 0) is 29.9 Å². The third-order valence-electron chi connectivity index (χ3n) is 4.43. The SMILES string of the molecule is Cc1cc(C(C)(C)C)c(OS(=O)(=O)N(C(=O)O)c2ccccc2)c(C(C)(C)C)c1. The smallest absolute Gasteiger partial charge is 0.428 e. The summed E-state index contributed by atoms with van der Waals surface area (Å²) in [5.74, 6) is 0.179. The Hall–Kier alpha value is -2.54. The van der Waals surface area contributed by atoms with Crippen LogP contribution in [0.25, 0.3) is 0 Å². The van der Waals surface area contributed by atoms with Gasteiger partial charge in [0.1, 0.15) is 0 Å². The van der Waals surface area contributed by atoms with Crippen molar-refractivity contribution in [2.24, 2.45) is 0 Å². The van der Waals surface area contributed by atoms with Gasteiger partial charge in [-0.15, -0.1) is 4.31 Å². The molecule has 2 aromatic rings. The first-order valence-corrected chi connectivity index (χ1v) is 10.7. The number of benzene rings is 2. The molecule has 0 aliphatic rings. The highest BCUT2D eigenvalue weighted by atomic mass is 32.2. The lowest BCUT2D eigenvalue weighted by atomic mass is 9.78. The number of hydrogen-bond acceptors (Lipinski definition) is 4. The Labute approximate surface area is 173 Å². The van der Waals surface area contributed by atoms with Crippen LogP contribution in [0, 0.1) is 6.92 Å². The minimum Gasteiger partial charge on any atom is -0.464 e. The highest BCUT2D eigenvalue weighted by Gasteiger charge is 2.36. The fourth-order valence-corrected chi connectivity index (χ4v) is 4.05. The Kier molecular flexibility index (Phi) is 6.04. The Bertz CT molecular complexity index is 965. The zero-order valence-electron chi connectivity index (χ0n) is 18.0. The van der Waals surface area contributed by atoms with Crippen molar-refractivity contribution >= 4 is 22.1 Å². The minimum atomic E-state index is -4.67. The molecule has 1 amide bonds. The summed E-state index contributed by atoms with van der Waals surface area (Å²) in [7, 11) is -4.67. The van der Waals surface area contributed by atoms with Crippen LogP contribution in [0.1, 0.15) is 58.2 Å². The van der Waals surface area contributed by atoms with Crippen LogP contribution < -0.4 is 8.49 Å². The number of carboxylic acid groups (broad SMARTS) is 1. The van der Waals surface area contributed by atoms with E-state index >= 15 is 0 Å². The van der Waals surface area contributed by atoms with Crippen molar-refractivity contribution in [2.45, 2.75) is 59.3 Å². The van der Waals surface area contributed by atoms with E-state index in [9.17, 15) is 18.3 Å². The molecule has 0 saturated carbocycles. The van der Waals surface area contributed by atoms with Crippen molar-refractivity contribution in [3.8, 4) is 5.75 Å². The molecule has 2 rings (SSSR count). The van der Waals surface area contributed by atoms with E-state index in [-0.39, 0.29) is 15.7 Å². The molecular weight excluding hydrogens is 390 g/mol. The molecule has 0 heterocycles. The Morgan fingerprint density at radius 2 is 1.38 bits per heavy atom. The van der Waals surface area contributed by atoms with Gasteiger partial charge in [-0.1, -0.05) is 77.4 Å².